The Labute approximate surface area is 131 Å². The van der Waals surface area contributed by atoms with E-state index in [0.717, 1.165) is 44.5 Å². The molecular weight excluding hydrogens is 278 g/mol. The van der Waals surface area contributed by atoms with Crippen LogP contribution >= 0.6 is 0 Å². The molecule has 1 saturated carbocycles. The maximum Gasteiger partial charge on any atom is 0.223 e. The molecule has 0 spiro atoms. The average Bonchev–Trinajstić information content (AvgIpc) is 3.26. The number of likely N-dealkylation sites (tertiary alicyclic amines) is 1. The Morgan fingerprint density at radius 1 is 1.27 bits per heavy atom. The number of carbonyl (C=O) groups excluding carboxylic acids is 1. The van der Waals surface area contributed by atoms with Gasteiger partial charge in [0, 0.05) is 30.6 Å². The molecule has 1 unspecified atom stereocenters. The molecule has 5 nitrogen and oxygen atoms in total. The molecule has 22 heavy (non-hydrogen) atoms. The van der Waals surface area contributed by atoms with Gasteiger partial charge in [0.1, 0.15) is 0 Å². The van der Waals surface area contributed by atoms with Gasteiger partial charge in [-0.2, -0.15) is 5.10 Å². The van der Waals surface area contributed by atoms with E-state index in [2.05, 4.69) is 15.1 Å². The zero-order chi connectivity index (χ0) is 14.9. The van der Waals surface area contributed by atoms with Gasteiger partial charge in [-0.3, -0.25) is 9.89 Å². The van der Waals surface area contributed by atoms with Gasteiger partial charge < -0.3 is 9.64 Å². The van der Waals surface area contributed by atoms with Crippen molar-refractivity contribution in [2.45, 2.75) is 64.0 Å². The zero-order valence-electron chi connectivity index (χ0n) is 13.1. The van der Waals surface area contributed by atoms with E-state index in [1.807, 2.05) is 0 Å². The fourth-order valence-electron chi connectivity index (χ4n) is 4.34. The van der Waals surface area contributed by atoms with E-state index in [9.17, 15) is 4.79 Å². The minimum atomic E-state index is 0.163. The number of hydrogen-bond acceptors (Lipinski definition) is 3. The summed E-state index contributed by atoms with van der Waals surface area (Å²) < 4.78 is 5.59. The molecule has 2 fully saturated rings. The molecule has 3 aliphatic rings. The lowest BCUT2D eigenvalue weighted by Gasteiger charge is -2.26. The maximum absolute atomic E-state index is 12.7. The normalized spacial score (nSPS) is 25.6. The number of H-pyrrole nitrogens is 1. The number of ether oxygens (including phenoxy) is 1. The minimum Gasteiger partial charge on any atom is -0.376 e. The summed E-state index contributed by atoms with van der Waals surface area (Å²) in [5.74, 6) is 0.952. The van der Waals surface area contributed by atoms with E-state index < -0.39 is 0 Å². The van der Waals surface area contributed by atoms with Crippen LogP contribution in [-0.2, 0) is 22.6 Å². The minimum absolute atomic E-state index is 0.163. The van der Waals surface area contributed by atoms with Crippen LogP contribution in [0.1, 0.15) is 67.9 Å². The number of nitrogens with zero attached hydrogens (tertiary/aromatic N) is 2. The number of nitrogens with one attached hydrogen (secondary N) is 1. The summed E-state index contributed by atoms with van der Waals surface area (Å²) in [5.41, 5.74) is 3.47. The highest BCUT2D eigenvalue weighted by atomic mass is 16.5. The van der Waals surface area contributed by atoms with Gasteiger partial charge in [-0.1, -0.05) is 12.8 Å². The Kier molecular flexibility index (Phi) is 3.90. The van der Waals surface area contributed by atoms with Crippen molar-refractivity contribution in [1.82, 2.24) is 15.1 Å². The van der Waals surface area contributed by atoms with Crippen molar-refractivity contribution >= 4 is 5.91 Å². The van der Waals surface area contributed by atoms with Crippen LogP contribution in [0.2, 0.25) is 0 Å². The monoisotopic (exact) mass is 303 g/mol. The number of hydrogen-bond donors (Lipinski definition) is 1. The van der Waals surface area contributed by atoms with E-state index in [-0.39, 0.29) is 6.04 Å². The summed E-state index contributed by atoms with van der Waals surface area (Å²) in [6.45, 7) is 2.30. The molecule has 1 saturated heterocycles. The predicted molar refractivity (Wildman–Crippen MR) is 82.2 cm³/mol. The highest BCUT2D eigenvalue weighted by molar-refractivity contribution is 5.77. The van der Waals surface area contributed by atoms with Crippen molar-refractivity contribution in [1.29, 1.82) is 0 Å². The van der Waals surface area contributed by atoms with Gasteiger partial charge in [-0.15, -0.1) is 0 Å². The molecular formula is C17H25N3O2. The smallest absolute Gasteiger partial charge is 0.223 e. The number of aromatic amines is 1. The number of amides is 1. The summed E-state index contributed by atoms with van der Waals surface area (Å²) in [5, 5.41) is 7.71. The van der Waals surface area contributed by atoms with E-state index in [1.165, 1.54) is 36.9 Å². The molecule has 1 aliphatic carbocycles. The van der Waals surface area contributed by atoms with Crippen molar-refractivity contribution in [2.24, 2.45) is 5.92 Å². The number of rotatable bonds is 3. The number of fused-ring (bicyclic) bond motifs is 1. The Hall–Kier alpha value is -1.36. The molecule has 2 aliphatic heterocycles. The van der Waals surface area contributed by atoms with Crippen LogP contribution < -0.4 is 0 Å². The summed E-state index contributed by atoms with van der Waals surface area (Å²) in [4.78, 5) is 14.8. The van der Waals surface area contributed by atoms with Gasteiger partial charge in [0.2, 0.25) is 5.91 Å². The number of aromatic nitrogens is 2. The van der Waals surface area contributed by atoms with Gasteiger partial charge in [0.15, 0.2) is 0 Å². The highest BCUT2D eigenvalue weighted by Gasteiger charge is 2.35. The van der Waals surface area contributed by atoms with Crippen molar-refractivity contribution in [3.05, 3.63) is 17.0 Å². The van der Waals surface area contributed by atoms with Crippen LogP contribution in [0.3, 0.4) is 0 Å². The lowest BCUT2D eigenvalue weighted by atomic mass is 10.0. The standard InChI is InChI=1S/C17H25N3O2/c21-16(10-12-4-1-2-5-12)20-8-3-6-15(20)17-13-11-22-9-7-14(13)18-19-17/h12,15H,1-11H2,(H,18,19). The van der Waals surface area contributed by atoms with E-state index in [4.69, 9.17) is 4.74 Å². The lowest BCUT2D eigenvalue weighted by Crippen LogP contribution is -2.32. The first-order valence-electron chi connectivity index (χ1n) is 8.76. The molecule has 4 rings (SSSR count). The third kappa shape index (κ3) is 2.56. The second-order valence-electron chi connectivity index (χ2n) is 6.97. The van der Waals surface area contributed by atoms with Crippen LogP contribution in [0.15, 0.2) is 0 Å². The van der Waals surface area contributed by atoms with Gasteiger partial charge in [-0.05, 0) is 31.6 Å². The fourth-order valence-corrected chi connectivity index (χ4v) is 4.34. The van der Waals surface area contributed by atoms with E-state index >= 15 is 0 Å². The molecule has 1 atom stereocenters. The molecule has 5 heteroatoms. The van der Waals surface area contributed by atoms with Crippen LogP contribution in [0.25, 0.3) is 0 Å². The summed E-state index contributed by atoms with van der Waals surface area (Å²) in [6, 6.07) is 0.163. The first-order valence-corrected chi connectivity index (χ1v) is 8.76. The molecule has 3 heterocycles. The van der Waals surface area contributed by atoms with Crippen LogP contribution in [-0.4, -0.2) is 34.2 Å². The molecule has 1 aromatic rings. The topological polar surface area (TPSA) is 58.2 Å². The quantitative estimate of drug-likeness (QED) is 0.934. The Bertz CT molecular complexity index is 548. The Morgan fingerprint density at radius 3 is 3.00 bits per heavy atom. The molecule has 0 radical (unpaired) electrons. The number of carbonyl (C=O) groups is 1. The Morgan fingerprint density at radius 2 is 2.14 bits per heavy atom. The molecule has 1 N–H and O–H groups in total. The largest absolute Gasteiger partial charge is 0.376 e. The molecule has 1 aromatic heterocycles. The van der Waals surface area contributed by atoms with E-state index in [1.54, 1.807) is 0 Å². The SMILES string of the molecule is O=C(CC1CCCC1)N1CCCC1c1n[nH]c2c1COCC2. The maximum atomic E-state index is 12.7. The van der Waals surface area contributed by atoms with Gasteiger partial charge in [-0.25, -0.2) is 0 Å². The van der Waals surface area contributed by atoms with E-state index in [0.29, 0.717) is 18.4 Å². The Balaban J connectivity index is 1.50. The van der Waals surface area contributed by atoms with Crippen molar-refractivity contribution in [2.75, 3.05) is 13.2 Å². The van der Waals surface area contributed by atoms with Crippen molar-refractivity contribution in [3.8, 4) is 0 Å². The lowest BCUT2D eigenvalue weighted by molar-refractivity contribution is -0.133. The van der Waals surface area contributed by atoms with Crippen molar-refractivity contribution in [3.63, 3.8) is 0 Å². The van der Waals surface area contributed by atoms with Crippen molar-refractivity contribution < 1.29 is 9.53 Å². The van der Waals surface area contributed by atoms with Gasteiger partial charge in [0.25, 0.3) is 0 Å². The zero-order valence-corrected chi connectivity index (χ0v) is 13.1. The van der Waals surface area contributed by atoms with Gasteiger partial charge in [0.05, 0.1) is 24.9 Å². The predicted octanol–water partition coefficient (Wildman–Crippen LogP) is 2.73. The highest BCUT2D eigenvalue weighted by Crippen LogP contribution is 2.37. The molecule has 120 valence electrons. The van der Waals surface area contributed by atoms with Crippen LogP contribution in [0.5, 0.6) is 0 Å². The third-order valence-electron chi connectivity index (χ3n) is 5.55. The second kappa shape index (κ2) is 6.03. The fraction of sp³-hybridized carbons (Fsp3) is 0.765. The molecule has 0 aromatic carbocycles. The van der Waals surface area contributed by atoms with Crippen LogP contribution in [0, 0.1) is 5.92 Å². The van der Waals surface area contributed by atoms with Gasteiger partial charge >= 0.3 is 0 Å². The first kappa shape index (κ1) is 14.2. The molecule has 1 amide bonds. The average molecular weight is 303 g/mol. The second-order valence-corrected chi connectivity index (χ2v) is 6.97. The third-order valence-corrected chi connectivity index (χ3v) is 5.55. The summed E-state index contributed by atoms with van der Waals surface area (Å²) >= 11 is 0. The summed E-state index contributed by atoms with van der Waals surface area (Å²) in [6.07, 6.45) is 8.82. The first-order chi connectivity index (χ1) is 10.8. The summed E-state index contributed by atoms with van der Waals surface area (Å²) in [7, 11) is 0. The molecule has 0 bridgehead atoms. The van der Waals surface area contributed by atoms with Crippen LogP contribution in [0.4, 0.5) is 0 Å².